The first-order valence-corrected chi connectivity index (χ1v) is 12.2. The van der Waals surface area contributed by atoms with Gasteiger partial charge in [0.25, 0.3) is 0 Å². The van der Waals surface area contributed by atoms with E-state index >= 15 is 0 Å². The van der Waals surface area contributed by atoms with Gasteiger partial charge in [-0.2, -0.15) is 0 Å². The molecule has 0 heterocycles. The molecule has 148 valence electrons. The summed E-state index contributed by atoms with van der Waals surface area (Å²) < 4.78 is 11.3. The maximum absolute atomic E-state index is 11.3. The zero-order chi connectivity index (χ0) is 19.7. The van der Waals surface area contributed by atoms with Crippen LogP contribution in [0.25, 0.3) is 0 Å². The van der Waals surface area contributed by atoms with Gasteiger partial charge in [-0.3, -0.25) is 4.79 Å². The summed E-state index contributed by atoms with van der Waals surface area (Å²) in [5.41, 5.74) is 4.25. The second-order valence-corrected chi connectivity index (χ2v) is 13.7. The molecule has 0 aliphatic rings. The van der Waals surface area contributed by atoms with E-state index < -0.39 is 8.32 Å². The molecule has 0 atom stereocenters. The number of carbonyl (C=O) groups excluding carboxylic acids is 1. The standard InChI is InChI=1S/C22H38O3Si/c1-17(2)26(18(3)4,19(5)6)25-15-9-8-10-20-11-13-21(14-12-20)16-22(23)24-7/h11-14,17-19H,8-10,15-16H2,1-7H3. The van der Waals surface area contributed by atoms with E-state index in [1.165, 1.54) is 12.7 Å². The van der Waals surface area contributed by atoms with Gasteiger partial charge in [-0.05, 0) is 47.0 Å². The third-order valence-electron chi connectivity index (χ3n) is 5.52. The number of methoxy groups -OCH3 is 1. The second-order valence-electron chi connectivity index (χ2n) is 8.19. The van der Waals surface area contributed by atoms with E-state index in [2.05, 4.69) is 53.7 Å². The summed E-state index contributed by atoms with van der Waals surface area (Å²) in [6, 6.07) is 8.29. The lowest BCUT2D eigenvalue weighted by Crippen LogP contribution is -2.47. The molecule has 1 rings (SSSR count). The Labute approximate surface area is 161 Å². The van der Waals surface area contributed by atoms with Gasteiger partial charge in [-0.15, -0.1) is 0 Å². The third-order valence-corrected chi connectivity index (χ3v) is 11.6. The van der Waals surface area contributed by atoms with Crippen LogP contribution in [0.15, 0.2) is 24.3 Å². The molecule has 0 aliphatic carbocycles. The summed E-state index contributed by atoms with van der Waals surface area (Å²) in [5, 5.41) is 0. The zero-order valence-corrected chi connectivity index (χ0v) is 18.8. The first kappa shape index (κ1) is 22.9. The molecule has 0 unspecified atom stereocenters. The Balaban J connectivity index is 2.45. The molecular weight excluding hydrogens is 340 g/mol. The van der Waals surface area contributed by atoms with Crippen LogP contribution in [-0.2, 0) is 26.8 Å². The Hall–Kier alpha value is -1.13. The van der Waals surface area contributed by atoms with Gasteiger partial charge in [-0.25, -0.2) is 0 Å². The predicted molar refractivity (Wildman–Crippen MR) is 112 cm³/mol. The van der Waals surface area contributed by atoms with Gasteiger partial charge in [0.2, 0.25) is 0 Å². The fourth-order valence-electron chi connectivity index (χ4n) is 4.24. The Kier molecular flexibility index (Phi) is 9.59. The van der Waals surface area contributed by atoms with Crippen LogP contribution in [-0.4, -0.2) is 28.0 Å². The molecular formula is C22H38O3Si. The van der Waals surface area contributed by atoms with E-state index in [1.807, 2.05) is 12.1 Å². The molecule has 26 heavy (non-hydrogen) atoms. The number of carbonyl (C=O) groups is 1. The Bertz CT molecular complexity index is 513. The summed E-state index contributed by atoms with van der Waals surface area (Å²) in [5.74, 6) is -0.192. The molecule has 0 aromatic heterocycles. The van der Waals surface area contributed by atoms with E-state index in [0.29, 0.717) is 23.0 Å². The zero-order valence-electron chi connectivity index (χ0n) is 17.8. The van der Waals surface area contributed by atoms with Crippen molar-refractivity contribution in [3.8, 4) is 0 Å². The highest BCUT2D eigenvalue weighted by Crippen LogP contribution is 2.42. The Morgan fingerprint density at radius 1 is 0.885 bits per heavy atom. The van der Waals surface area contributed by atoms with Crippen molar-refractivity contribution in [2.24, 2.45) is 0 Å². The minimum Gasteiger partial charge on any atom is -0.469 e. The summed E-state index contributed by atoms with van der Waals surface area (Å²) in [6.07, 6.45) is 3.64. The summed E-state index contributed by atoms with van der Waals surface area (Å²) in [6.45, 7) is 14.9. The minimum atomic E-state index is -1.73. The van der Waals surface area contributed by atoms with E-state index in [0.717, 1.165) is 31.4 Å². The van der Waals surface area contributed by atoms with Crippen molar-refractivity contribution in [1.29, 1.82) is 0 Å². The van der Waals surface area contributed by atoms with Gasteiger partial charge in [0.05, 0.1) is 13.5 Å². The number of benzene rings is 1. The fraction of sp³-hybridized carbons (Fsp3) is 0.682. The first-order chi connectivity index (χ1) is 12.2. The van der Waals surface area contributed by atoms with E-state index in [-0.39, 0.29) is 5.97 Å². The summed E-state index contributed by atoms with van der Waals surface area (Å²) in [7, 11) is -0.303. The largest absolute Gasteiger partial charge is 0.469 e. The van der Waals surface area contributed by atoms with Crippen LogP contribution >= 0.6 is 0 Å². The monoisotopic (exact) mass is 378 g/mol. The maximum Gasteiger partial charge on any atom is 0.309 e. The van der Waals surface area contributed by atoms with Gasteiger partial charge >= 0.3 is 5.97 Å². The highest BCUT2D eigenvalue weighted by molar-refractivity contribution is 6.77. The normalized spacial score (nSPS) is 12.2. The predicted octanol–water partition coefficient (Wildman–Crippen LogP) is 5.92. The van der Waals surface area contributed by atoms with Crippen LogP contribution < -0.4 is 0 Å². The fourth-order valence-corrected chi connectivity index (χ4v) is 9.74. The number of ether oxygens (including phenoxy) is 1. The van der Waals surface area contributed by atoms with Crippen LogP contribution in [0, 0.1) is 0 Å². The number of rotatable bonds is 11. The van der Waals surface area contributed by atoms with Crippen molar-refractivity contribution in [3.63, 3.8) is 0 Å². The number of unbranched alkanes of at least 4 members (excludes halogenated alkanes) is 1. The Morgan fingerprint density at radius 3 is 1.85 bits per heavy atom. The van der Waals surface area contributed by atoms with Crippen molar-refractivity contribution in [3.05, 3.63) is 35.4 Å². The minimum absolute atomic E-state index is 0.192. The first-order valence-electron chi connectivity index (χ1n) is 10.0. The second kappa shape index (κ2) is 10.9. The highest BCUT2D eigenvalue weighted by atomic mass is 28.4. The molecule has 0 spiro atoms. The third kappa shape index (κ3) is 6.24. The van der Waals surface area contributed by atoms with Crippen LogP contribution in [0.5, 0.6) is 0 Å². The lowest BCUT2D eigenvalue weighted by atomic mass is 10.0. The molecule has 0 aliphatic heterocycles. The van der Waals surface area contributed by atoms with E-state index in [9.17, 15) is 4.79 Å². The molecule has 0 saturated carbocycles. The molecule has 0 fully saturated rings. The van der Waals surface area contributed by atoms with Crippen LogP contribution in [0.3, 0.4) is 0 Å². The number of aryl methyl sites for hydroxylation is 1. The SMILES string of the molecule is COC(=O)Cc1ccc(CCCCO[Si](C(C)C)(C(C)C)C(C)C)cc1. The van der Waals surface area contributed by atoms with Crippen molar-refractivity contribution < 1.29 is 14.0 Å². The smallest absolute Gasteiger partial charge is 0.309 e. The van der Waals surface area contributed by atoms with Crippen LogP contribution in [0.4, 0.5) is 0 Å². The average Bonchev–Trinajstić information content (AvgIpc) is 2.58. The molecule has 0 amide bonds. The quantitative estimate of drug-likeness (QED) is 0.272. The van der Waals surface area contributed by atoms with Gasteiger partial charge < -0.3 is 9.16 Å². The molecule has 1 aromatic carbocycles. The summed E-state index contributed by atoms with van der Waals surface area (Å²) >= 11 is 0. The molecule has 4 heteroatoms. The molecule has 0 bridgehead atoms. The van der Waals surface area contributed by atoms with Gasteiger partial charge in [0, 0.05) is 6.61 Å². The molecule has 0 N–H and O–H groups in total. The van der Waals surface area contributed by atoms with Crippen molar-refractivity contribution in [1.82, 2.24) is 0 Å². The molecule has 1 aromatic rings. The Morgan fingerprint density at radius 2 is 1.38 bits per heavy atom. The van der Waals surface area contributed by atoms with Gasteiger partial charge in [0.15, 0.2) is 8.32 Å². The number of hydrogen-bond acceptors (Lipinski definition) is 3. The maximum atomic E-state index is 11.3. The average molecular weight is 379 g/mol. The van der Waals surface area contributed by atoms with Crippen molar-refractivity contribution in [2.75, 3.05) is 13.7 Å². The highest BCUT2D eigenvalue weighted by Gasteiger charge is 2.44. The number of hydrogen-bond donors (Lipinski definition) is 0. The topological polar surface area (TPSA) is 35.5 Å². The van der Waals surface area contributed by atoms with E-state index in [1.54, 1.807) is 0 Å². The van der Waals surface area contributed by atoms with Crippen molar-refractivity contribution in [2.45, 2.75) is 83.8 Å². The molecule has 3 nitrogen and oxygen atoms in total. The lowest BCUT2D eigenvalue weighted by Gasteiger charge is -2.42. The van der Waals surface area contributed by atoms with Crippen LogP contribution in [0.1, 0.15) is 65.5 Å². The van der Waals surface area contributed by atoms with Crippen LogP contribution in [0.2, 0.25) is 16.6 Å². The lowest BCUT2D eigenvalue weighted by molar-refractivity contribution is -0.139. The summed E-state index contributed by atoms with van der Waals surface area (Å²) in [4.78, 5) is 11.3. The van der Waals surface area contributed by atoms with Gasteiger partial charge in [0.1, 0.15) is 0 Å². The molecule has 0 radical (unpaired) electrons. The number of esters is 1. The van der Waals surface area contributed by atoms with Crippen molar-refractivity contribution >= 4 is 14.3 Å². The molecule has 0 saturated heterocycles. The van der Waals surface area contributed by atoms with E-state index in [4.69, 9.17) is 9.16 Å². The van der Waals surface area contributed by atoms with Gasteiger partial charge in [-0.1, -0.05) is 65.8 Å².